The molecule has 1 aromatic heterocycles. The van der Waals surface area contributed by atoms with Crippen molar-refractivity contribution < 1.29 is 9.90 Å². The van der Waals surface area contributed by atoms with Gasteiger partial charge in [-0.25, -0.2) is 9.78 Å². The summed E-state index contributed by atoms with van der Waals surface area (Å²) < 4.78 is 2.04. The van der Waals surface area contributed by atoms with Gasteiger partial charge in [-0.3, -0.25) is 0 Å². The van der Waals surface area contributed by atoms with Crippen LogP contribution in [0, 0.1) is 0 Å². The number of carboxylic acids is 1. The highest BCUT2D eigenvalue weighted by Gasteiger charge is 2.28. The first kappa shape index (κ1) is 13.2. The third-order valence-corrected chi connectivity index (χ3v) is 4.05. The first-order valence-electron chi connectivity index (χ1n) is 6.67. The van der Waals surface area contributed by atoms with Gasteiger partial charge >= 0.3 is 5.97 Å². The molecule has 1 atom stereocenters. The molecule has 0 bridgehead atoms. The van der Waals surface area contributed by atoms with E-state index in [1.807, 2.05) is 16.7 Å². The number of nitrogens with zero attached hydrogens (tertiary/aromatic N) is 2. The van der Waals surface area contributed by atoms with Gasteiger partial charge in [0.05, 0.1) is 5.69 Å². The van der Waals surface area contributed by atoms with E-state index >= 15 is 0 Å². The number of carbonyl (C=O) groups is 1. The topological polar surface area (TPSA) is 55.1 Å². The molecule has 1 unspecified atom stereocenters. The summed E-state index contributed by atoms with van der Waals surface area (Å²) in [5.41, 5.74) is 1.92. The first-order valence-corrected chi connectivity index (χ1v) is 7.05. The number of carboxylic acid groups (broad SMARTS) is 1. The van der Waals surface area contributed by atoms with E-state index in [1.165, 1.54) is 0 Å². The lowest BCUT2D eigenvalue weighted by atomic mass is 9.96. The molecule has 0 amide bonds. The Balaban J connectivity index is 2.19. The highest BCUT2D eigenvalue weighted by molar-refractivity contribution is 6.30. The standard InChI is InChI=1S/C15H15ClN2O2/c1-9-3-2-8-18-13(9)12(15(19)20)17-14(18)10-4-6-11(16)7-5-10/h4-7,9H,2-3,8H2,1H3,(H,19,20). The Morgan fingerprint density at radius 2 is 2.10 bits per heavy atom. The molecule has 104 valence electrons. The number of aromatic nitrogens is 2. The van der Waals surface area contributed by atoms with Crippen molar-refractivity contribution in [1.82, 2.24) is 9.55 Å². The number of hydrogen-bond acceptors (Lipinski definition) is 2. The molecular weight excluding hydrogens is 276 g/mol. The second kappa shape index (κ2) is 4.94. The van der Waals surface area contributed by atoms with Crippen molar-refractivity contribution >= 4 is 17.6 Å². The molecule has 0 aliphatic carbocycles. The fourth-order valence-electron chi connectivity index (χ4n) is 2.86. The maximum Gasteiger partial charge on any atom is 0.356 e. The van der Waals surface area contributed by atoms with E-state index in [0.29, 0.717) is 5.02 Å². The number of rotatable bonds is 2. The van der Waals surface area contributed by atoms with Gasteiger partial charge in [0.25, 0.3) is 0 Å². The van der Waals surface area contributed by atoms with Gasteiger partial charge in [0, 0.05) is 17.1 Å². The van der Waals surface area contributed by atoms with Crippen LogP contribution in [0.3, 0.4) is 0 Å². The van der Waals surface area contributed by atoms with Crippen molar-refractivity contribution in [2.24, 2.45) is 0 Å². The Morgan fingerprint density at radius 1 is 1.40 bits per heavy atom. The van der Waals surface area contributed by atoms with Crippen LogP contribution in [-0.2, 0) is 6.54 Å². The van der Waals surface area contributed by atoms with E-state index in [9.17, 15) is 9.90 Å². The van der Waals surface area contributed by atoms with Gasteiger partial charge in [0.2, 0.25) is 0 Å². The molecule has 2 aromatic rings. The van der Waals surface area contributed by atoms with E-state index < -0.39 is 5.97 Å². The third-order valence-electron chi connectivity index (χ3n) is 3.80. The van der Waals surface area contributed by atoms with Gasteiger partial charge in [-0.2, -0.15) is 0 Å². The summed E-state index contributed by atoms with van der Waals surface area (Å²) in [6, 6.07) is 7.35. The monoisotopic (exact) mass is 290 g/mol. The largest absolute Gasteiger partial charge is 0.476 e. The zero-order valence-electron chi connectivity index (χ0n) is 11.1. The lowest BCUT2D eigenvalue weighted by Crippen LogP contribution is -2.16. The van der Waals surface area contributed by atoms with Gasteiger partial charge in [-0.1, -0.05) is 18.5 Å². The molecule has 0 spiro atoms. The smallest absolute Gasteiger partial charge is 0.356 e. The number of benzene rings is 1. The fraction of sp³-hybridized carbons (Fsp3) is 0.333. The molecule has 3 rings (SSSR count). The fourth-order valence-corrected chi connectivity index (χ4v) is 2.99. The van der Waals surface area contributed by atoms with E-state index in [-0.39, 0.29) is 11.6 Å². The van der Waals surface area contributed by atoms with Crippen molar-refractivity contribution in [2.45, 2.75) is 32.2 Å². The Kier molecular flexibility index (Phi) is 3.26. The van der Waals surface area contributed by atoms with Crippen LogP contribution in [0.2, 0.25) is 5.02 Å². The highest BCUT2D eigenvalue weighted by atomic mass is 35.5. The van der Waals surface area contributed by atoms with Gasteiger partial charge in [-0.15, -0.1) is 0 Å². The predicted octanol–water partition coefficient (Wildman–Crippen LogP) is 3.80. The summed E-state index contributed by atoms with van der Waals surface area (Å²) in [7, 11) is 0. The molecule has 1 aliphatic rings. The average molecular weight is 291 g/mol. The number of aromatic carboxylic acids is 1. The van der Waals surface area contributed by atoms with E-state index in [0.717, 1.165) is 36.5 Å². The average Bonchev–Trinajstić information content (AvgIpc) is 2.81. The van der Waals surface area contributed by atoms with Crippen molar-refractivity contribution in [3.05, 3.63) is 40.7 Å². The minimum Gasteiger partial charge on any atom is -0.476 e. The van der Waals surface area contributed by atoms with Crippen molar-refractivity contribution in [2.75, 3.05) is 0 Å². The van der Waals surface area contributed by atoms with Crippen LogP contribution < -0.4 is 0 Å². The molecule has 20 heavy (non-hydrogen) atoms. The molecule has 0 saturated carbocycles. The van der Waals surface area contributed by atoms with Crippen LogP contribution in [0.15, 0.2) is 24.3 Å². The molecule has 2 heterocycles. The van der Waals surface area contributed by atoms with E-state index in [4.69, 9.17) is 11.6 Å². The number of imidazole rings is 1. The molecule has 0 fully saturated rings. The zero-order chi connectivity index (χ0) is 14.3. The number of hydrogen-bond donors (Lipinski definition) is 1. The quantitative estimate of drug-likeness (QED) is 0.915. The maximum absolute atomic E-state index is 11.4. The Labute approximate surface area is 122 Å². The predicted molar refractivity (Wildman–Crippen MR) is 77.3 cm³/mol. The Morgan fingerprint density at radius 3 is 2.75 bits per heavy atom. The number of fused-ring (bicyclic) bond motifs is 1. The summed E-state index contributed by atoms with van der Waals surface area (Å²) in [5.74, 6) is -0.00766. The Bertz CT molecular complexity index is 661. The van der Waals surface area contributed by atoms with Crippen LogP contribution >= 0.6 is 11.6 Å². The minimum absolute atomic E-state index is 0.183. The second-order valence-corrected chi connectivity index (χ2v) is 5.61. The van der Waals surface area contributed by atoms with Gasteiger partial charge in [0.1, 0.15) is 5.82 Å². The molecule has 0 radical (unpaired) electrons. The molecular formula is C15H15ClN2O2. The summed E-state index contributed by atoms with van der Waals surface area (Å²) >= 11 is 5.90. The highest BCUT2D eigenvalue weighted by Crippen LogP contribution is 2.34. The zero-order valence-corrected chi connectivity index (χ0v) is 11.9. The number of halogens is 1. The van der Waals surface area contributed by atoms with Crippen LogP contribution in [-0.4, -0.2) is 20.6 Å². The van der Waals surface area contributed by atoms with Gasteiger partial charge in [-0.05, 0) is 43.0 Å². The molecule has 0 saturated heterocycles. The van der Waals surface area contributed by atoms with Crippen LogP contribution in [0.25, 0.3) is 11.4 Å². The molecule has 1 aromatic carbocycles. The third kappa shape index (κ3) is 2.10. The lowest BCUT2D eigenvalue weighted by molar-refractivity contribution is 0.0688. The van der Waals surface area contributed by atoms with Crippen molar-refractivity contribution in [3.8, 4) is 11.4 Å². The minimum atomic E-state index is -0.956. The first-order chi connectivity index (χ1) is 9.58. The van der Waals surface area contributed by atoms with E-state index in [2.05, 4.69) is 11.9 Å². The maximum atomic E-state index is 11.4. The normalized spacial score (nSPS) is 17.8. The van der Waals surface area contributed by atoms with Crippen molar-refractivity contribution in [1.29, 1.82) is 0 Å². The summed E-state index contributed by atoms with van der Waals surface area (Å²) in [4.78, 5) is 15.8. The molecule has 1 N–H and O–H groups in total. The van der Waals surface area contributed by atoms with Crippen LogP contribution in [0.1, 0.15) is 41.9 Å². The van der Waals surface area contributed by atoms with Crippen LogP contribution in [0.5, 0.6) is 0 Å². The Hall–Kier alpha value is -1.81. The second-order valence-electron chi connectivity index (χ2n) is 5.18. The SMILES string of the molecule is CC1CCCn2c(-c3ccc(Cl)cc3)nc(C(=O)O)c21. The van der Waals surface area contributed by atoms with Crippen molar-refractivity contribution in [3.63, 3.8) is 0 Å². The summed E-state index contributed by atoms with van der Waals surface area (Å²) in [5, 5.41) is 10.0. The lowest BCUT2D eigenvalue weighted by Gasteiger charge is -2.22. The summed E-state index contributed by atoms with van der Waals surface area (Å²) in [6.45, 7) is 2.88. The van der Waals surface area contributed by atoms with Gasteiger partial charge < -0.3 is 9.67 Å². The summed E-state index contributed by atoms with van der Waals surface area (Å²) in [6.07, 6.45) is 2.05. The van der Waals surface area contributed by atoms with E-state index in [1.54, 1.807) is 12.1 Å². The molecule has 1 aliphatic heterocycles. The molecule has 5 heteroatoms. The molecule has 4 nitrogen and oxygen atoms in total. The van der Waals surface area contributed by atoms with Crippen LogP contribution in [0.4, 0.5) is 0 Å². The van der Waals surface area contributed by atoms with Gasteiger partial charge in [0.15, 0.2) is 5.69 Å².